The summed E-state index contributed by atoms with van der Waals surface area (Å²) in [5, 5.41) is 0. The van der Waals surface area contributed by atoms with Crippen LogP contribution in [0.1, 0.15) is 12.8 Å². The molecular weight excluding hydrogens is 130 g/mol. The minimum Gasteiger partial charge on any atom is -0.379 e. The average molecular weight is 145 g/mol. The molecule has 3 heteroatoms. The molecule has 1 aliphatic carbocycles. The van der Waals surface area contributed by atoms with Gasteiger partial charge in [-0.3, -0.25) is 0 Å². The highest BCUT2D eigenvalue weighted by atomic mass is 16.5. The highest BCUT2D eigenvalue weighted by Gasteiger charge is 2.32. The predicted molar refractivity (Wildman–Crippen MR) is 38.8 cm³/mol. The molecule has 1 rings (SSSR count). The van der Waals surface area contributed by atoms with Crippen LogP contribution in [0, 0.1) is 0 Å². The molecule has 0 heterocycles. The summed E-state index contributed by atoms with van der Waals surface area (Å²) in [5.74, 6) is 0. The highest BCUT2D eigenvalue weighted by molar-refractivity contribution is 4.86. The highest BCUT2D eigenvalue weighted by Crippen LogP contribution is 2.22. The van der Waals surface area contributed by atoms with E-state index in [1.54, 1.807) is 14.2 Å². The fourth-order valence-corrected chi connectivity index (χ4v) is 1.49. The van der Waals surface area contributed by atoms with Gasteiger partial charge in [0, 0.05) is 20.3 Å². The minimum absolute atomic E-state index is 0.208. The van der Waals surface area contributed by atoms with Crippen LogP contribution in [0.5, 0.6) is 0 Å². The van der Waals surface area contributed by atoms with Gasteiger partial charge < -0.3 is 15.2 Å². The van der Waals surface area contributed by atoms with Gasteiger partial charge in [0.05, 0.1) is 12.2 Å². The fourth-order valence-electron chi connectivity index (χ4n) is 1.49. The van der Waals surface area contributed by atoms with Crippen molar-refractivity contribution < 1.29 is 9.47 Å². The van der Waals surface area contributed by atoms with Gasteiger partial charge in [0.15, 0.2) is 0 Å². The molecule has 2 N–H and O–H groups in total. The van der Waals surface area contributed by atoms with Crippen LogP contribution in [0.2, 0.25) is 0 Å². The minimum atomic E-state index is 0.208. The van der Waals surface area contributed by atoms with Crippen molar-refractivity contribution in [2.24, 2.45) is 5.73 Å². The van der Waals surface area contributed by atoms with E-state index in [1.807, 2.05) is 0 Å². The van der Waals surface area contributed by atoms with Gasteiger partial charge in [0.25, 0.3) is 0 Å². The standard InChI is InChI=1S/C7H15NO2/c1-9-6-3-5(8)4-7(6)10-2/h5-7H,3-4,8H2,1-2H3/t5?,6-,7+. The Balaban J connectivity index is 2.41. The third-order valence-electron chi connectivity index (χ3n) is 2.09. The van der Waals surface area contributed by atoms with Crippen molar-refractivity contribution in [3.63, 3.8) is 0 Å². The summed E-state index contributed by atoms with van der Waals surface area (Å²) in [7, 11) is 3.41. The van der Waals surface area contributed by atoms with Crippen LogP contribution in [-0.4, -0.2) is 32.5 Å². The van der Waals surface area contributed by atoms with Crippen LogP contribution < -0.4 is 5.73 Å². The van der Waals surface area contributed by atoms with E-state index in [4.69, 9.17) is 15.2 Å². The molecule has 1 saturated carbocycles. The first kappa shape index (κ1) is 7.98. The van der Waals surface area contributed by atoms with E-state index < -0.39 is 0 Å². The van der Waals surface area contributed by atoms with E-state index in [9.17, 15) is 0 Å². The summed E-state index contributed by atoms with van der Waals surface area (Å²) in [4.78, 5) is 0. The molecule has 0 aliphatic heterocycles. The van der Waals surface area contributed by atoms with Crippen LogP contribution in [0.4, 0.5) is 0 Å². The maximum Gasteiger partial charge on any atom is 0.0848 e. The molecule has 0 radical (unpaired) electrons. The first-order valence-electron chi connectivity index (χ1n) is 3.59. The molecule has 0 spiro atoms. The van der Waals surface area contributed by atoms with Gasteiger partial charge in [-0.1, -0.05) is 0 Å². The second kappa shape index (κ2) is 3.32. The number of rotatable bonds is 2. The molecule has 0 bridgehead atoms. The third-order valence-corrected chi connectivity index (χ3v) is 2.09. The second-order valence-electron chi connectivity index (χ2n) is 2.78. The molecule has 0 amide bonds. The Morgan fingerprint density at radius 3 is 1.80 bits per heavy atom. The average Bonchev–Trinajstić information content (AvgIpc) is 2.30. The smallest absolute Gasteiger partial charge is 0.0848 e. The summed E-state index contributed by atoms with van der Waals surface area (Å²) in [5.41, 5.74) is 5.71. The second-order valence-corrected chi connectivity index (χ2v) is 2.78. The molecule has 0 aromatic heterocycles. The molecule has 1 fully saturated rings. The van der Waals surface area contributed by atoms with Crippen molar-refractivity contribution in [2.45, 2.75) is 31.1 Å². The lowest BCUT2D eigenvalue weighted by Crippen LogP contribution is -2.23. The van der Waals surface area contributed by atoms with E-state index in [0.717, 1.165) is 12.8 Å². The molecule has 3 atom stereocenters. The lowest BCUT2D eigenvalue weighted by Gasteiger charge is -2.15. The van der Waals surface area contributed by atoms with Crippen molar-refractivity contribution in [3.8, 4) is 0 Å². The van der Waals surface area contributed by atoms with Gasteiger partial charge in [-0.25, -0.2) is 0 Å². The summed E-state index contributed by atoms with van der Waals surface area (Å²) in [6.07, 6.45) is 2.27. The van der Waals surface area contributed by atoms with Crippen molar-refractivity contribution >= 4 is 0 Å². The van der Waals surface area contributed by atoms with Crippen molar-refractivity contribution in [1.29, 1.82) is 0 Å². The molecule has 0 saturated heterocycles. The molecule has 1 unspecified atom stereocenters. The lowest BCUT2D eigenvalue weighted by molar-refractivity contribution is -0.0157. The first-order valence-corrected chi connectivity index (χ1v) is 3.59. The summed E-state index contributed by atoms with van der Waals surface area (Å²) < 4.78 is 10.4. The molecule has 60 valence electrons. The van der Waals surface area contributed by atoms with E-state index in [-0.39, 0.29) is 18.2 Å². The summed E-state index contributed by atoms with van der Waals surface area (Å²) in [6, 6.07) is 0.259. The lowest BCUT2D eigenvalue weighted by atomic mass is 10.3. The Bertz CT molecular complexity index is 95.8. The van der Waals surface area contributed by atoms with E-state index in [1.165, 1.54) is 0 Å². The van der Waals surface area contributed by atoms with Crippen molar-refractivity contribution in [3.05, 3.63) is 0 Å². The SMILES string of the molecule is CO[C@H]1CC(N)C[C@H]1OC. The number of methoxy groups -OCH3 is 2. The third kappa shape index (κ3) is 1.48. The van der Waals surface area contributed by atoms with Crippen LogP contribution in [-0.2, 0) is 9.47 Å². The van der Waals surface area contributed by atoms with Crippen LogP contribution in [0.25, 0.3) is 0 Å². The Labute approximate surface area is 61.5 Å². The molecule has 10 heavy (non-hydrogen) atoms. The quantitative estimate of drug-likeness (QED) is 0.601. The molecule has 3 nitrogen and oxygen atoms in total. The number of hydrogen-bond donors (Lipinski definition) is 1. The maximum atomic E-state index is 5.71. The largest absolute Gasteiger partial charge is 0.379 e. The summed E-state index contributed by atoms with van der Waals surface area (Å²) in [6.45, 7) is 0. The van der Waals surface area contributed by atoms with Crippen LogP contribution in [0.15, 0.2) is 0 Å². The van der Waals surface area contributed by atoms with Crippen molar-refractivity contribution in [1.82, 2.24) is 0 Å². The van der Waals surface area contributed by atoms with Gasteiger partial charge >= 0.3 is 0 Å². The topological polar surface area (TPSA) is 44.5 Å². The number of hydrogen-bond acceptors (Lipinski definition) is 3. The predicted octanol–water partition coefficient (Wildman–Crippen LogP) is 0.137. The van der Waals surface area contributed by atoms with Crippen molar-refractivity contribution in [2.75, 3.05) is 14.2 Å². The van der Waals surface area contributed by atoms with Gasteiger partial charge in [0.2, 0.25) is 0 Å². The molecular formula is C7H15NO2. The van der Waals surface area contributed by atoms with Gasteiger partial charge in [-0.2, -0.15) is 0 Å². The Hall–Kier alpha value is -0.120. The van der Waals surface area contributed by atoms with Gasteiger partial charge in [-0.05, 0) is 12.8 Å². The number of nitrogens with two attached hydrogens (primary N) is 1. The van der Waals surface area contributed by atoms with E-state index >= 15 is 0 Å². The molecule has 0 aromatic carbocycles. The Morgan fingerprint density at radius 2 is 1.50 bits per heavy atom. The normalized spacial score (nSPS) is 40.5. The zero-order valence-electron chi connectivity index (χ0n) is 6.54. The number of ether oxygens (including phenoxy) is 2. The molecule has 1 aliphatic rings. The maximum absolute atomic E-state index is 5.71. The Kier molecular flexibility index (Phi) is 2.65. The van der Waals surface area contributed by atoms with E-state index in [2.05, 4.69) is 0 Å². The monoisotopic (exact) mass is 145 g/mol. The van der Waals surface area contributed by atoms with Crippen LogP contribution in [0.3, 0.4) is 0 Å². The van der Waals surface area contributed by atoms with E-state index in [0.29, 0.717) is 0 Å². The van der Waals surface area contributed by atoms with Crippen LogP contribution >= 0.6 is 0 Å². The zero-order chi connectivity index (χ0) is 7.56. The fraction of sp³-hybridized carbons (Fsp3) is 1.00. The molecule has 0 aromatic rings. The first-order chi connectivity index (χ1) is 4.77. The zero-order valence-corrected chi connectivity index (χ0v) is 6.54. The van der Waals surface area contributed by atoms with Gasteiger partial charge in [-0.15, -0.1) is 0 Å². The summed E-state index contributed by atoms with van der Waals surface area (Å²) >= 11 is 0. The Morgan fingerprint density at radius 1 is 1.10 bits per heavy atom. The van der Waals surface area contributed by atoms with Gasteiger partial charge in [0.1, 0.15) is 0 Å².